The third-order valence-electron chi connectivity index (χ3n) is 4.23. The molecule has 0 bridgehead atoms. The molecule has 0 saturated heterocycles. The fourth-order valence-electron chi connectivity index (χ4n) is 2.96. The third kappa shape index (κ3) is 3.65. The second-order valence-corrected chi connectivity index (χ2v) is 7.11. The van der Waals surface area contributed by atoms with Crippen LogP contribution >= 0.6 is 11.8 Å². The van der Waals surface area contributed by atoms with Crippen LogP contribution in [-0.2, 0) is 6.54 Å². The number of H-pyrrole nitrogens is 1. The lowest BCUT2D eigenvalue weighted by Gasteiger charge is -2.17. The predicted octanol–water partition coefficient (Wildman–Crippen LogP) is 2.99. The summed E-state index contributed by atoms with van der Waals surface area (Å²) < 4.78 is 1.55. The molecule has 4 aromatic rings. The minimum atomic E-state index is -0.230. The van der Waals surface area contributed by atoms with Gasteiger partial charge in [0, 0.05) is 0 Å². The second-order valence-electron chi connectivity index (χ2n) is 6.02. The highest BCUT2D eigenvalue weighted by atomic mass is 32.2. The fraction of sp³-hybridized carbons (Fsp3) is 0.150. The van der Waals surface area contributed by atoms with Gasteiger partial charge in [0.15, 0.2) is 10.8 Å². The first-order chi connectivity index (χ1) is 13.3. The van der Waals surface area contributed by atoms with E-state index in [4.69, 9.17) is 0 Å². The van der Waals surface area contributed by atoms with E-state index in [1.54, 1.807) is 4.68 Å². The number of aliphatic hydroxyl groups is 1. The average Bonchev–Trinajstić information content (AvgIpc) is 3.11. The molecule has 2 aromatic carbocycles. The van der Waals surface area contributed by atoms with Crippen LogP contribution in [0.25, 0.3) is 11.0 Å². The number of aromatic nitrogens is 4. The molecule has 0 aliphatic heterocycles. The standard InChI is InChI=1S/C20H18N4O2S/c25-12-11-24-18-16(13-21-24)19(26)23-20(22-18)27-17(14-7-3-1-4-8-14)15-9-5-2-6-10-15/h1-10,13,17,25H,11-12H2,(H,22,23,26). The zero-order valence-electron chi connectivity index (χ0n) is 14.4. The van der Waals surface area contributed by atoms with Crippen molar-refractivity contribution in [2.45, 2.75) is 17.0 Å². The summed E-state index contributed by atoms with van der Waals surface area (Å²) in [6.45, 7) is 0.231. The molecule has 27 heavy (non-hydrogen) atoms. The van der Waals surface area contributed by atoms with Crippen LogP contribution in [0.15, 0.2) is 76.8 Å². The molecule has 0 saturated carbocycles. The van der Waals surface area contributed by atoms with Crippen LogP contribution in [0.3, 0.4) is 0 Å². The van der Waals surface area contributed by atoms with E-state index in [0.29, 0.717) is 22.7 Å². The number of benzene rings is 2. The highest BCUT2D eigenvalue weighted by molar-refractivity contribution is 7.99. The summed E-state index contributed by atoms with van der Waals surface area (Å²) in [4.78, 5) is 19.9. The lowest BCUT2D eigenvalue weighted by atomic mass is 10.0. The quantitative estimate of drug-likeness (QED) is 0.398. The summed E-state index contributed by atoms with van der Waals surface area (Å²) in [5, 5.41) is 14.3. The smallest absolute Gasteiger partial charge is 0.262 e. The molecule has 0 aliphatic rings. The molecule has 0 amide bonds. The van der Waals surface area contributed by atoms with E-state index in [1.165, 1.54) is 18.0 Å². The normalized spacial score (nSPS) is 11.3. The maximum absolute atomic E-state index is 12.4. The van der Waals surface area contributed by atoms with Gasteiger partial charge in [-0.15, -0.1) is 0 Å². The van der Waals surface area contributed by atoms with Crippen LogP contribution in [0.1, 0.15) is 16.4 Å². The minimum absolute atomic E-state index is 0.0118. The van der Waals surface area contributed by atoms with Gasteiger partial charge in [-0.1, -0.05) is 72.4 Å². The lowest BCUT2D eigenvalue weighted by Crippen LogP contribution is -2.12. The van der Waals surface area contributed by atoms with Crippen LogP contribution in [0.2, 0.25) is 0 Å². The molecule has 0 radical (unpaired) electrons. The van der Waals surface area contributed by atoms with Gasteiger partial charge >= 0.3 is 0 Å². The molecule has 136 valence electrons. The van der Waals surface area contributed by atoms with E-state index < -0.39 is 0 Å². The van der Waals surface area contributed by atoms with Gasteiger partial charge in [-0.2, -0.15) is 5.10 Å². The summed E-state index contributed by atoms with van der Waals surface area (Å²) >= 11 is 1.48. The Bertz CT molecular complexity index is 1050. The van der Waals surface area contributed by atoms with Gasteiger partial charge in [0.1, 0.15) is 5.39 Å². The molecule has 6 nitrogen and oxygen atoms in total. The summed E-state index contributed by atoms with van der Waals surface area (Å²) in [5.41, 5.74) is 2.50. The maximum atomic E-state index is 12.4. The Morgan fingerprint density at radius 2 is 1.67 bits per heavy atom. The van der Waals surface area contributed by atoms with E-state index >= 15 is 0 Å². The molecular weight excluding hydrogens is 360 g/mol. The Labute approximate surface area is 159 Å². The van der Waals surface area contributed by atoms with Crippen LogP contribution in [0.5, 0.6) is 0 Å². The van der Waals surface area contributed by atoms with Gasteiger partial charge in [0.25, 0.3) is 5.56 Å². The summed E-state index contributed by atoms with van der Waals surface area (Å²) in [5.74, 6) is 0. The highest BCUT2D eigenvalue weighted by Crippen LogP contribution is 2.38. The Morgan fingerprint density at radius 1 is 1.04 bits per heavy atom. The number of aliphatic hydroxyl groups excluding tert-OH is 1. The summed E-state index contributed by atoms with van der Waals surface area (Å²) in [7, 11) is 0. The number of fused-ring (bicyclic) bond motifs is 1. The van der Waals surface area contributed by atoms with Crippen molar-refractivity contribution in [3.05, 3.63) is 88.3 Å². The molecule has 0 fully saturated rings. The third-order valence-corrected chi connectivity index (χ3v) is 5.43. The van der Waals surface area contributed by atoms with Gasteiger partial charge in [-0.3, -0.25) is 4.79 Å². The molecule has 0 spiro atoms. The Kier molecular flexibility index (Phi) is 5.04. The van der Waals surface area contributed by atoms with Gasteiger partial charge < -0.3 is 10.1 Å². The van der Waals surface area contributed by atoms with Gasteiger partial charge in [0.05, 0.1) is 24.6 Å². The van der Waals surface area contributed by atoms with Crippen molar-refractivity contribution in [3.63, 3.8) is 0 Å². The number of thioether (sulfide) groups is 1. The van der Waals surface area contributed by atoms with Crippen LogP contribution in [0, 0.1) is 0 Å². The van der Waals surface area contributed by atoms with Crippen LogP contribution < -0.4 is 5.56 Å². The zero-order chi connectivity index (χ0) is 18.6. The van der Waals surface area contributed by atoms with Crippen molar-refractivity contribution >= 4 is 22.8 Å². The molecule has 0 aliphatic carbocycles. The van der Waals surface area contributed by atoms with E-state index in [9.17, 15) is 9.90 Å². The lowest BCUT2D eigenvalue weighted by molar-refractivity contribution is 0.271. The molecule has 4 rings (SSSR count). The first kappa shape index (κ1) is 17.5. The van der Waals surface area contributed by atoms with Crippen LogP contribution in [-0.4, -0.2) is 31.5 Å². The topological polar surface area (TPSA) is 83.8 Å². The summed E-state index contributed by atoms with van der Waals surface area (Å²) in [6.07, 6.45) is 1.48. The first-order valence-electron chi connectivity index (χ1n) is 8.59. The van der Waals surface area contributed by atoms with Crippen molar-refractivity contribution in [2.24, 2.45) is 0 Å². The predicted molar refractivity (Wildman–Crippen MR) is 106 cm³/mol. The second kappa shape index (κ2) is 7.77. The summed E-state index contributed by atoms with van der Waals surface area (Å²) in [6, 6.07) is 20.2. The maximum Gasteiger partial charge on any atom is 0.262 e. The molecule has 0 atom stereocenters. The van der Waals surface area contributed by atoms with E-state index in [1.807, 2.05) is 36.4 Å². The van der Waals surface area contributed by atoms with Gasteiger partial charge in [-0.25, -0.2) is 9.67 Å². The van der Waals surface area contributed by atoms with E-state index in [2.05, 4.69) is 39.3 Å². The largest absolute Gasteiger partial charge is 0.394 e. The number of hydrogen-bond acceptors (Lipinski definition) is 5. The first-order valence-corrected chi connectivity index (χ1v) is 9.47. The molecule has 7 heteroatoms. The zero-order valence-corrected chi connectivity index (χ0v) is 15.3. The Morgan fingerprint density at radius 3 is 2.26 bits per heavy atom. The fourth-order valence-corrected chi connectivity index (χ4v) is 4.06. The van der Waals surface area contributed by atoms with E-state index in [-0.39, 0.29) is 17.4 Å². The average molecular weight is 378 g/mol. The molecular formula is C20H18N4O2S. The number of rotatable bonds is 6. The van der Waals surface area contributed by atoms with Crippen molar-refractivity contribution in [1.29, 1.82) is 0 Å². The molecule has 2 N–H and O–H groups in total. The minimum Gasteiger partial charge on any atom is -0.394 e. The number of nitrogens with zero attached hydrogens (tertiary/aromatic N) is 3. The van der Waals surface area contributed by atoms with Gasteiger partial charge in [-0.05, 0) is 11.1 Å². The number of aromatic amines is 1. The number of hydrogen-bond donors (Lipinski definition) is 2. The molecule has 0 unspecified atom stereocenters. The Balaban J connectivity index is 1.77. The molecule has 2 aromatic heterocycles. The molecule has 2 heterocycles. The van der Waals surface area contributed by atoms with Gasteiger partial charge in [0.2, 0.25) is 0 Å². The SMILES string of the molecule is O=c1[nH]c(SC(c2ccccc2)c2ccccc2)nc2c1cnn2CCO. The van der Waals surface area contributed by atoms with Crippen LogP contribution in [0.4, 0.5) is 0 Å². The Hall–Kier alpha value is -2.90. The highest BCUT2D eigenvalue weighted by Gasteiger charge is 2.18. The van der Waals surface area contributed by atoms with E-state index in [0.717, 1.165) is 11.1 Å². The van der Waals surface area contributed by atoms with Crippen molar-refractivity contribution in [3.8, 4) is 0 Å². The van der Waals surface area contributed by atoms with Crippen molar-refractivity contribution in [1.82, 2.24) is 19.7 Å². The monoisotopic (exact) mass is 378 g/mol. The van der Waals surface area contributed by atoms with Crippen molar-refractivity contribution < 1.29 is 5.11 Å². The number of nitrogens with one attached hydrogen (secondary N) is 1. The van der Waals surface area contributed by atoms with Crippen molar-refractivity contribution in [2.75, 3.05) is 6.61 Å².